The predicted octanol–water partition coefficient (Wildman–Crippen LogP) is 1.66. The summed E-state index contributed by atoms with van der Waals surface area (Å²) in [6, 6.07) is 0. The number of hydrogen-bond donors (Lipinski definition) is 1. The molecular weight excluding hydrogens is 194 g/mol. The van der Waals surface area contributed by atoms with Gasteiger partial charge in [-0.25, -0.2) is 0 Å². The maximum atomic E-state index is 5.95. The summed E-state index contributed by atoms with van der Waals surface area (Å²) in [7, 11) is 0. The van der Waals surface area contributed by atoms with E-state index >= 15 is 0 Å². The van der Waals surface area contributed by atoms with Crippen molar-refractivity contribution in [2.24, 2.45) is 0 Å². The van der Waals surface area contributed by atoms with Crippen molar-refractivity contribution in [1.29, 1.82) is 0 Å². The SMILES string of the molecule is Clc1snnc1C1CCNCC1. The fourth-order valence-electron chi connectivity index (χ4n) is 1.52. The number of halogens is 1. The summed E-state index contributed by atoms with van der Waals surface area (Å²) in [6.07, 6.45) is 2.26. The molecule has 0 aromatic carbocycles. The van der Waals surface area contributed by atoms with Crippen LogP contribution in [0, 0.1) is 0 Å². The van der Waals surface area contributed by atoms with Gasteiger partial charge in [0.1, 0.15) is 4.34 Å². The van der Waals surface area contributed by atoms with Crippen LogP contribution in [0.1, 0.15) is 24.5 Å². The fraction of sp³-hybridized carbons (Fsp3) is 0.714. The molecule has 0 saturated carbocycles. The number of nitrogens with zero attached hydrogens (tertiary/aromatic N) is 2. The molecule has 66 valence electrons. The van der Waals surface area contributed by atoms with E-state index in [-0.39, 0.29) is 0 Å². The van der Waals surface area contributed by atoms with Gasteiger partial charge in [0.15, 0.2) is 0 Å². The number of rotatable bonds is 1. The summed E-state index contributed by atoms with van der Waals surface area (Å²) < 4.78 is 4.60. The monoisotopic (exact) mass is 203 g/mol. The molecule has 0 spiro atoms. The van der Waals surface area contributed by atoms with E-state index in [2.05, 4.69) is 14.9 Å². The molecule has 2 rings (SSSR count). The standard InChI is InChI=1S/C7H10ClN3S/c8-7-6(10-11-12-7)5-1-3-9-4-2-5/h5,9H,1-4H2. The quantitative estimate of drug-likeness (QED) is 0.755. The van der Waals surface area contributed by atoms with Gasteiger partial charge in [-0.2, -0.15) is 0 Å². The van der Waals surface area contributed by atoms with Gasteiger partial charge >= 0.3 is 0 Å². The van der Waals surface area contributed by atoms with E-state index in [0.717, 1.165) is 36.0 Å². The van der Waals surface area contributed by atoms with Crippen molar-refractivity contribution in [3.05, 3.63) is 10.0 Å². The Morgan fingerprint density at radius 1 is 1.42 bits per heavy atom. The number of nitrogens with one attached hydrogen (secondary N) is 1. The van der Waals surface area contributed by atoms with Gasteiger partial charge in [0.2, 0.25) is 0 Å². The van der Waals surface area contributed by atoms with Crippen molar-refractivity contribution in [3.8, 4) is 0 Å². The van der Waals surface area contributed by atoms with Gasteiger partial charge in [-0.15, -0.1) is 5.10 Å². The molecule has 3 nitrogen and oxygen atoms in total. The van der Waals surface area contributed by atoms with Gasteiger partial charge in [-0.05, 0) is 25.9 Å². The highest BCUT2D eigenvalue weighted by molar-refractivity contribution is 7.10. The van der Waals surface area contributed by atoms with Crippen LogP contribution in [0.5, 0.6) is 0 Å². The smallest absolute Gasteiger partial charge is 0.137 e. The first-order chi connectivity index (χ1) is 5.88. The zero-order valence-electron chi connectivity index (χ0n) is 6.59. The molecule has 1 fully saturated rings. The minimum Gasteiger partial charge on any atom is -0.317 e. The lowest BCUT2D eigenvalue weighted by atomic mass is 9.96. The van der Waals surface area contributed by atoms with Crippen LogP contribution >= 0.6 is 23.1 Å². The molecule has 1 saturated heterocycles. The Labute approximate surface area is 80.3 Å². The largest absolute Gasteiger partial charge is 0.317 e. The Morgan fingerprint density at radius 2 is 2.17 bits per heavy atom. The molecule has 1 aliphatic rings. The van der Waals surface area contributed by atoms with E-state index in [4.69, 9.17) is 11.6 Å². The zero-order valence-corrected chi connectivity index (χ0v) is 8.16. The van der Waals surface area contributed by atoms with Crippen molar-refractivity contribution in [3.63, 3.8) is 0 Å². The van der Waals surface area contributed by atoms with Crippen LogP contribution in [0.3, 0.4) is 0 Å². The van der Waals surface area contributed by atoms with Crippen LogP contribution in [0.4, 0.5) is 0 Å². The second-order valence-corrected chi connectivity index (χ2v) is 4.31. The summed E-state index contributed by atoms with van der Waals surface area (Å²) >= 11 is 7.23. The molecule has 1 aliphatic heterocycles. The lowest BCUT2D eigenvalue weighted by molar-refractivity contribution is 0.453. The Bertz CT molecular complexity index is 257. The van der Waals surface area contributed by atoms with Crippen molar-refractivity contribution in [1.82, 2.24) is 14.9 Å². The molecule has 1 aromatic heterocycles. The highest BCUT2D eigenvalue weighted by Crippen LogP contribution is 2.30. The molecule has 0 aliphatic carbocycles. The third kappa shape index (κ3) is 1.60. The Hall–Kier alpha value is -0.190. The molecular formula is C7H10ClN3S. The van der Waals surface area contributed by atoms with E-state index in [1.54, 1.807) is 0 Å². The Morgan fingerprint density at radius 3 is 2.75 bits per heavy atom. The lowest BCUT2D eigenvalue weighted by Gasteiger charge is -2.20. The molecule has 1 N–H and O–H groups in total. The second-order valence-electron chi connectivity index (χ2n) is 2.96. The van der Waals surface area contributed by atoms with E-state index in [1.165, 1.54) is 11.5 Å². The molecule has 5 heteroatoms. The summed E-state index contributed by atoms with van der Waals surface area (Å²) in [4.78, 5) is 0. The lowest BCUT2D eigenvalue weighted by Crippen LogP contribution is -2.26. The van der Waals surface area contributed by atoms with Crippen molar-refractivity contribution in [2.75, 3.05) is 13.1 Å². The second kappa shape index (κ2) is 3.68. The van der Waals surface area contributed by atoms with E-state index in [1.807, 2.05) is 0 Å². The molecule has 0 atom stereocenters. The molecule has 0 bridgehead atoms. The molecule has 0 unspecified atom stereocenters. The fourth-order valence-corrected chi connectivity index (χ4v) is 2.31. The Kier molecular flexibility index (Phi) is 2.58. The summed E-state index contributed by atoms with van der Waals surface area (Å²) in [6.45, 7) is 2.14. The highest BCUT2D eigenvalue weighted by Gasteiger charge is 2.20. The first kappa shape index (κ1) is 8.41. The normalized spacial score (nSPS) is 19.8. The summed E-state index contributed by atoms with van der Waals surface area (Å²) in [5.74, 6) is 0.525. The number of aromatic nitrogens is 2. The zero-order chi connectivity index (χ0) is 8.39. The van der Waals surface area contributed by atoms with Crippen LogP contribution in [0.25, 0.3) is 0 Å². The third-order valence-corrected chi connectivity index (χ3v) is 3.13. The molecule has 12 heavy (non-hydrogen) atoms. The van der Waals surface area contributed by atoms with Crippen LogP contribution < -0.4 is 5.32 Å². The van der Waals surface area contributed by atoms with Crippen LogP contribution in [-0.2, 0) is 0 Å². The van der Waals surface area contributed by atoms with Gasteiger partial charge in [0.25, 0.3) is 0 Å². The molecule has 0 amide bonds. The van der Waals surface area contributed by atoms with Gasteiger partial charge in [0.05, 0.1) is 5.69 Å². The topological polar surface area (TPSA) is 37.8 Å². The van der Waals surface area contributed by atoms with Gasteiger partial charge in [0, 0.05) is 17.5 Å². The average Bonchev–Trinajstić information content (AvgIpc) is 2.53. The predicted molar refractivity (Wildman–Crippen MR) is 49.8 cm³/mol. The maximum Gasteiger partial charge on any atom is 0.137 e. The maximum absolute atomic E-state index is 5.95. The number of hydrogen-bond acceptors (Lipinski definition) is 4. The first-order valence-electron chi connectivity index (χ1n) is 4.06. The van der Waals surface area contributed by atoms with E-state index in [0.29, 0.717) is 5.92 Å². The first-order valence-corrected chi connectivity index (χ1v) is 5.21. The molecule has 0 radical (unpaired) electrons. The molecule has 2 heterocycles. The van der Waals surface area contributed by atoms with Crippen LogP contribution in [0.2, 0.25) is 4.34 Å². The van der Waals surface area contributed by atoms with Gasteiger partial charge in [-0.1, -0.05) is 16.1 Å². The molecule has 1 aromatic rings. The van der Waals surface area contributed by atoms with Gasteiger partial charge < -0.3 is 5.32 Å². The minimum absolute atomic E-state index is 0.525. The van der Waals surface area contributed by atoms with Crippen molar-refractivity contribution in [2.45, 2.75) is 18.8 Å². The minimum atomic E-state index is 0.525. The average molecular weight is 204 g/mol. The van der Waals surface area contributed by atoms with Crippen molar-refractivity contribution < 1.29 is 0 Å². The highest BCUT2D eigenvalue weighted by atomic mass is 35.5. The van der Waals surface area contributed by atoms with E-state index in [9.17, 15) is 0 Å². The van der Waals surface area contributed by atoms with Crippen LogP contribution in [-0.4, -0.2) is 22.7 Å². The van der Waals surface area contributed by atoms with Crippen molar-refractivity contribution >= 4 is 23.1 Å². The third-order valence-electron chi connectivity index (χ3n) is 2.20. The summed E-state index contributed by atoms with van der Waals surface area (Å²) in [5, 5.41) is 7.36. The van der Waals surface area contributed by atoms with Gasteiger partial charge in [-0.3, -0.25) is 0 Å². The number of piperidine rings is 1. The summed E-state index contributed by atoms with van der Waals surface area (Å²) in [5.41, 5.74) is 1.00. The van der Waals surface area contributed by atoms with E-state index < -0.39 is 0 Å². The van der Waals surface area contributed by atoms with Crippen LogP contribution in [0.15, 0.2) is 0 Å². The Balaban J connectivity index is 2.13.